The summed E-state index contributed by atoms with van der Waals surface area (Å²) >= 11 is 0. The maximum Gasteiger partial charge on any atom is 0.191 e. The van der Waals surface area contributed by atoms with Crippen LogP contribution in [0, 0.1) is 0 Å². The van der Waals surface area contributed by atoms with Crippen LogP contribution < -0.4 is 20.1 Å². The molecule has 0 saturated heterocycles. The van der Waals surface area contributed by atoms with Crippen molar-refractivity contribution in [3.8, 4) is 11.5 Å². The van der Waals surface area contributed by atoms with Crippen LogP contribution in [0.3, 0.4) is 0 Å². The molecule has 0 radical (unpaired) electrons. The Kier molecular flexibility index (Phi) is 10.4. The molecule has 1 atom stereocenters. The molecule has 2 N–H and O–H groups in total. The fourth-order valence-corrected chi connectivity index (χ4v) is 2.07. The zero-order valence-corrected chi connectivity index (χ0v) is 15.3. The van der Waals surface area contributed by atoms with Gasteiger partial charge in [0.25, 0.3) is 0 Å². The minimum Gasteiger partial charge on any atom is -0.497 e. The van der Waals surface area contributed by atoms with Crippen LogP contribution in [-0.2, 0) is 4.74 Å². The Morgan fingerprint density at radius 1 is 1.12 bits per heavy atom. The molecule has 1 rings (SSSR count). The summed E-state index contributed by atoms with van der Waals surface area (Å²) in [5.41, 5.74) is 0. The second-order valence-corrected chi connectivity index (χ2v) is 5.39. The topological polar surface area (TPSA) is 64.1 Å². The molecule has 0 heterocycles. The number of rotatable bonds is 11. The van der Waals surface area contributed by atoms with Crippen LogP contribution in [0.1, 0.15) is 26.7 Å². The van der Waals surface area contributed by atoms with E-state index in [4.69, 9.17) is 14.2 Å². The monoisotopic (exact) mass is 337 g/mol. The number of unbranched alkanes of at least 4 members (excludes halogenated alkanes) is 1. The molecule has 0 bridgehead atoms. The van der Waals surface area contributed by atoms with Crippen LogP contribution in [0.5, 0.6) is 11.5 Å². The summed E-state index contributed by atoms with van der Waals surface area (Å²) in [6, 6.07) is 7.58. The molecule has 24 heavy (non-hydrogen) atoms. The van der Waals surface area contributed by atoms with Crippen LogP contribution in [0.2, 0.25) is 0 Å². The number of aliphatic imine (C=N–C) groups is 1. The van der Waals surface area contributed by atoms with Crippen LogP contribution >= 0.6 is 0 Å². The number of methoxy groups -OCH3 is 1. The van der Waals surface area contributed by atoms with Crippen molar-refractivity contribution < 1.29 is 14.2 Å². The van der Waals surface area contributed by atoms with Gasteiger partial charge >= 0.3 is 0 Å². The maximum absolute atomic E-state index is 5.86. The normalized spacial score (nSPS) is 12.6. The predicted molar refractivity (Wildman–Crippen MR) is 98.2 cm³/mol. The lowest BCUT2D eigenvalue weighted by molar-refractivity contribution is 0.143. The van der Waals surface area contributed by atoms with Crippen molar-refractivity contribution in [2.24, 2.45) is 4.99 Å². The third kappa shape index (κ3) is 8.62. The van der Waals surface area contributed by atoms with Gasteiger partial charge in [0.15, 0.2) is 5.96 Å². The lowest BCUT2D eigenvalue weighted by Crippen LogP contribution is -2.42. The van der Waals surface area contributed by atoms with Crippen molar-refractivity contribution >= 4 is 5.96 Å². The highest BCUT2D eigenvalue weighted by atomic mass is 16.5. The highest BCUT2D eigenvalue weighted by Gasteiger charge is 2.06. The summed E-state index contributed by atoms with van der Waals surface area (Å²) in [5, 5.41) is 6.56. The van der Waals surface area contributed by atoms with Crippen LogP contribution in [0.15, 0.2) is 29.3 Å². The lowest BCUT2D eigenvalue weighted by Gasteiger charge is -2.18. The van der Waals surface area contributed by atoms with Crippen molar-refractivity contribution in [1.82, 2.24) is 10.6 Å². The second kappa shape index (κ2) is 12.5. The Labute approximate surface area is 145 Å². The minimum absolute atomic E-state index is 0.0231. The predicted octanol–water partition coefficient (Wildman–Crippen LogP) is 2.44. The molecule has 0 aliphatic heterocycles. The van der Waals surface area contributed by atoms with Crippen LogP contribution in [0.4, 0.5) is 0 Å². The van der Waals surface area contributed by atoms with Crippen molar-refractivity contribution in [1.29, 1.82) is 0 Å². The fourth-order valence-electron chi connectivity index (χ4n) is 2.07. The summed E-state index contributed by atoms with van der Waals surface area (Å²) in [6.07, 6.45) is 2.13. The summed E-state index contributed by atoms with van der Waals surface area (Å²) < 4.78 is 16.3. The molecule has 6 nitrogen and oxygen atoms in total. The van der Waals surface area contributed by atoms with E-state index in [1.54, 1.807) is 14.2 Å². The fraction of sp³-hybridized carbons (Fsp3) is 0.611. The SMILES string of the molecule is CCOCCCCNC(=NC)NCC(C)Oc1ccc(OC)cc1. The van der Waals surface area contributed by atoms with E-state index in [1.807, 2.05) is 38.1 Å². The first-order chi connectivity index (χ1) is 11.7. The Morgan fingerprint density at radius 3 is 2.46 bits per heavy atom. The molecule has 1 aromatic carbocycles. The molecule has 0 aromatic heterocycles. The molecule has 136 valence electrons. The van der Waals surface area contributed by atoms with Gasteiger partial charge in [-0.25, -0.2) is 0 Å². The molecular weight excluding hydrogens is 306 g/mol. The Balaban J connectivity index is 2.21. The van der Waals surface area contributed by atoms with E-state index in [0.717, 1.165) is 50.1 Å². The summed E-state index contributed by atoms with van der Waals surface area (Å²) in [6.45, 7) is 7.18. The lowest BCUT2D eigenvalue weighted by atomic mass is 10.3. The summed E-state index contributed by atoms with van der Waals surface area (Å²) in [5.74, 6) is 2.43. The Bertz CT molecular complexity index is 463. The number of nitrogens with one attached hydrogen (secondary N) is 2. The number of hydrogen-bond acceptors (Lipinski definition) is 4. The van der Waals surface area contributed by atoms with Gasteiger partial charge in [0.2, 0.25) is 0 Å². The van der Waals surface area contributed by atoms with Gasteiger partial charge in [-0.15, -0.1) is 0 Å². The number of ether oxygens (including phenoxy) is 3. The van der Waals surface area contributed by atoms with Gasteiger partial charge < -0.3 is 24.8 Å². The van der Waals surface area contributed by atoms with E-state index >= 15 is 0 Å². The molecule has 1 aromatic rings. The molecule has 0 aliphatic rings. The van der Waals surface area contributed by atoms with E-state index in [9.17, 15) is 0 Å². The molecule has 0 fully saturated rings. The van der Waals surface area contributed by atoms with Crippen LogP contribution in [0.25, 0.3) is 0 Å². The van der Waals surface area contributed by atoms with Crippen LogP contribution in [-0.4, -0.2) is 52.5 Å². The molecule has 0 amide bonds. The molecule has 6 heteroatoms. The van der Waals surface area contributed by atoms with Gasteiger partial charge in [-0.2, -0.15) is 0 Å². The van der Waals surface area contributed by atoms with Gasteiger partial charge in [0.05, 0.1) is 13.7 Å². The Hall–Kier alpha value is -1.95. The maximum atomic E-state index is 5.86. The third-order valence-electron chi connectivity index (χ3n) is 3.39. The van der Waals surface area contributed by atoms with Gasteiger partial charge in [0.1, 0.15) is 17.6 Å². The van der Waals surface area contributed by atoms with E-state index in [0.29, 0.717) is 6.54 Å². The standard InChI is InChI=1S/C18H31N3O3/c1-5-23-13-7-6-12-20-18(19-3)21-14-15(2)24-17-10-8-16(22-4)9-11-17/h8-11,15H,5-7,12-14H2,1-4H3,(H2,19,20,21). The number of guanidine groups is 1. The molecular formula is C18H31N3O3. The van der Waals surface area contributed by atoms with Gasteiger partial charge in [-0.05, 0) is 51.0 Å². The van der Waals surface area contributed by atoms with Gasteiger partial charge in [-0.1, -0.05) is 0 Å². The minimum atomic E-state index is 0.0231. The summed E-state index contributed by atoms with van der Waals surface area (Å²) in [7, 11) is 3.42. The number of hydrogen-bond donors (Lipinski definition) is 2. The first kappa shape index (κ1) is 20.1. The molecule has 0 saturated carbocycles. The zero-order chi connectivity index (χ0) is 17.6. The first-order valence-corrected chi connectivity index (χ1v) is 8.52. The van der Waals surface area contributed by atoms with Gasteiger partial charge in [-0.3, -0.25) is 4.99 Å². The Morgan fingerprint density at radius 2 is 1.83 bits per heavy atom. The van der Waals surface area contributed by atoms with E-state index < -0.39 is 0 Å². The first-order valence-electron chi connectivity index (χ1n) is 8.52. The molecule has 0 aliphatic carbocycles. The van der Waals surface area contributed by atoms with Crippen molar-refractivity contribution in [3.63, 3.8) is 0 Å². The van der Waals surface area contributed by atoms with Crippen molar-refractivity contribution in [2.75, 3.05) is 40.5 Å². The smallest absolute Gasteiger partial charge is 0.191 e. The van der Waals surface area contributed by atoms with E-state index in [2.05, 4.69) is 15.6 Å². The number of benzene rings is 1. The highest BCUT2D eigenvalue weighted by molar-refractivity contribution is 5.79. The van der Waals surface area contributed by atoms with E-state index in [-0.39, 0.29) is 6.10 Å². The summed E-state index contributed by atoms with van der Waals surface area (Å²) in [4.78, 5) is 4.21. The van der Waals surface area contributed by atoms with E-state index in [1.165, 1.54) is 0 Å². The zero-order valence-electron chi connectivity index (χ0n) is 15.3. The number of nitrogens with zero attached hydrogens (tertiary/aromatic N) is 1. The highest BCUT2D eigenvalue weighted by Crippen LogP contribution is 2.17. The average molecular weight is 337 g/mol. The molecule has 1 unspecified atom stereocenters. The quantitative estimate of drug-likeness (QED) is 0.369. The second-order valence-electron chi connectivity index (χ2n) is 5.39. The van der Waals surface area contributed by atoms with Crippen molar-refractivity contribution in [3.05, 3.63) is 24.3 Å². The molecule has 0 spiro atoms. The average Bonchev–Trinajstić information content (AvgIpc) is 2.61. The largest absolute Gasteiger partial charge is 0.497 e. The van der Waals surface area contributed by atoms with Crippen molar-refractivity contribution in [2.45, 2.75) is 32.8 Å². The third-order valence-corrected chi connectivity index (χ3v) is 3.39. The van der Waals surface area contributed by atoms with Gasteiger partial charge in [0, 0.05) is 26.8 Å².